The molecular weight excluding hydrogens is 1110 g/mol. The molecule has 0 radical (unpaired) electrons. The van der Waals surface area contributed by atoms with E-state index in [2.05, 4.69) is 39.1 Å². The third kappa shape index (κ3) is 11.2. The lowest BCUT2D eigenvalue weighted by molar-refractivity contribution is -0.407. The second-order valence-corrected chi connectivity index (χ2v) is 26.9. The molecular formula is C57H93NO26. The molecule has 11 rings (SSSR count). The van der Waals surface area contributed by atoms with Gasteiger partial charge in [0.2, 0.25) is 0 Å². The number of allylic oxidation sites excluding steroid dienone is 1. The molecule has 0 aromatic heterocycles. The molecule has 1 spiro atoms. The van der Waals surface area contributed by atoms with Gasteiger partial charge in [-0.1, -0.05) is 39.3 Å². The maximum atomic E-state index is 12.1. The highest BCUT2D eigenvalue weighted by Crippen LogP contribution is 2.70. The minimum atomic E-state index is -2.11. The average Bonchev–Trinajstić information content (AvgIpc) is 1.52. The molecule has 0 amide bonds. The van der Waals surface area contributed by atoms with E-state index in [4.69, 9.17) is 52.1 Å². The Morgan fingerprint density at radius 2 is 1.10 bits per heavy atom. The fourth-order valence-corrected chi connectivity index (χ4v) is 17.0. The van der Waals surface area contributed by atoms with Crippen LogP contribution in [0.25, 0.3) is 0 Å². The van der Waals surface area contributed by atoms with E-state index in [0.717, 1.165) is 51.5 Å². The molecule has 0 unspecified atom stereocenters. The van der Waals surface area contributed by atoms with Crippen molar-refractivity contribution in [1.29, 1.82) is 0 Å². The lowest BCUT2D eigenvalue weighted by Crippen LogP contribution is -2.68. The van der Waals surface area contributed by atoms with Crippen molar-refractivity contribution in [3.05, 3.63) is 11.6 Å². The predicted molar refractivity (Wildman–Crippen MR) is 282 cm³/mol. The van der Waals surface area contributed by atoms with Crippen molar-refractivity contribution in [2.24, 2.45) is 46.3 Å². The van der Waals surface area contributed by atoms with Gasteiger partial charge in [0.1, 0.15) is 122 Å². The van der Waals surface area contributed by atoms with E-state index in [-0.39, 0.29) is 22.7 Å². The van der Waals surface area contributed by atoms with E-state index in [1.54, 1.807) is 0 Å². The topological polar surface area (TPSA) is 417 Å². The predicted octanol–water partition coefficient (Wildman–Crippen LogP) is -4.56. The Hall–Kier alpha value is -1.34. The summed E-state index contributed by atoms with van der Waals surface area (Å²) in [4.78, 5) is 0. The van der Waals surface area contributed by atoms with Gasteiger partial charge in [-0.25, -0.2) is 0 Å². The maximum Gasteiger partial charge on any atom is 0.187 e. The average molecular weight is 1210 g/mol. The Labute approximate surface area is 487 Å². The van der Waals surface area contributed by atoms with Gasteiger partial charge in [-0.05, 0) is 105 Å². The summed E-state index contributed by atoms with van der Waals surface area (Å²) in [6, 6.07) is 0. The molecule has 4 aliphatic carbocycles. The second-order valence-electron chi connectivity index (χ2n) is 26.9. The molecule has 10 fully saturated rings. The van der Waals surface area contributed by atoms with Gasteiger partial charge in [0.05, 0.1) is 44.7 Å². The zero-order valence-corrected chi connectivity index (χ0v) is 48.2. The van der Waals surface area contributed by atoms with Gasteiger partial charge in [-0.3, -0.25) is 5.32 Å². The molecule has 36 atom stereocenters. The molecule has 7 aliphatic heterocycles. The van der Waals surface area contributed by atoms with Gasteiger partial charge in [0.25, 0.3) is 0 Å². The Morgan fingerprint density at radius 1 is 0.536 bits per heavy atom. The van der Waals surface area contributed by atoms with Crippen LogP contribution >= 0.6 is 0 Å². The van der Waals surface area contributed by atoms with E-state index in [0.29, 0.717) is 48.3 Å². The zero-order valence-electron chi connectivity index (χ0n) is 48.2. The molecule has 0 aromatic carbocycles. The molecule has 0 aromatic rings. The van der Waals surface area contributed by atoms with E-state index in [9.17, 15) is 76.6 Å². The van der Waals surface area contributed by atoms with Crippen LogP contribution in [0.15, 0.2) is 11.6 Å². The molecule has 3 saturated carbocycles. The molecule has 7 heterocycles. The summed E-state index contributed by atoms with van der Waals surface area (Å²) in [5.74, 6) is 2.89. The Morgan fingerprint density at radius 3 is 1.75 bits per heavy atom. The largest absolute Gasteiger partial charge is 0.394 e. The first-order valence-corrected chi connectivity index (χ1v) is 30.5. The van der Waals surface area contributed by atoms with E-state index in [1.807, 2.05) is 0 Å². The van der Waals surface area contributed by atoms with Crippen LogP contribution < -0.4 is 5.32 Å². The number of hydrogen-bond donors (Lipinski definition) is 16. The number of piperidine rings is 1. The van der Waals surface area contributed by atoms with Gasteiger partial charge in [-0.15, -0.1) is 0 Å². The molecule has 11 aliphatic rings. The van der Waals surface area contributed by atoms with Crippen molar-refractivity contribution in [3.8, 4) is 0 Å². The third-order valence-electron chi connectivity index (χ3n) is 22.1. The lowest BCUT2D eigenvalue weighted by Gasteiger charge is -2.59. The van der Waals surface area contributed by atoms with Gasteiger partial charge in [0.15, 0.2) is 31.5 Å². The number of fused-ring (bicyclic) bond motifs is 7. The second kappa shape index (κ2) is 25.0. The van der Waals surface area contributed by atoms with Gasteiger partial charge < -0.3 is 129 Å². The number of rotatable bonds is 14. The van der Waals surface area contributed by atoms with Crippen LogP contribution in [0.2, 0.25) is 0 Å². The SMILES string of the molecule is C[C@@H]1CC[C@@]2(NC1)O[C@H]1C[C@H]3[C@@H]4CC=C5C[C@@H](O[C@@H]6O[C@H](CO)[C@H](O)[C@H](O[C@@H]7O[C@H](CO)[C@@H](O)[C@H](O)[C@H]7O[C@@H]7O[C@H](CO[C@@H]8O[C@H](CO)[C@@H](O)[C@H](O)[C@H]8O)[C@@H](O)[C@H](O)[C@H]7O)[C@H]6O[C@@H]6O[C@@H](C)[C@H](O)[C@@H](O)[C@H]6O)CC[C@]5(C)[C@H]4CC[C@]3(C)[C@H]1[C@@H]2C. The molecule has 27 heteroatoms. The van der Waals surface area contributed by atoms with Crippen LogP contribution in [0.5, 0.6) is 0 Å². The van der Waals surface area contributed by atoms with E-state index < -0.39 is 186 Å². The summed E-state index contributed by atoms with van der Waals surface area (Å²) in [6.45, 7) is 8.72. The monoisotopic (exact) mass is 1210 g/mol. The van der Waals surface area contributed by atoms with Crippen LogP contribution in [0.3, 0.4) is 0 Å². The Kier molecular flexibility index (Phi) is 19.1. The van der Waals surface area contributed by atoms with Crippen molar-refractivity contribution in [2.75, 3.05) is 33.0 Å². The summed E-state index contributed by atoms with van der Waals surface area (Å²) in [5, 5.41) is 167. The first kappa shape index (κ1) is 64.2. The summed E-state index contributed by atoms with van der Waals surface area (Å²) >= 11 is 0. The van der Waals surface area contributed by atoms with Crippen LogP contribution in [0.1, 0.15) is 92.4 Å². The van der Waals surface area contributed by atoms with Crippen LogP contribution in [0.4, 0.5) is 0 Å². The molecule has 27 nitrogen and oxygen atoms in total. The Balaban J connectivity index is 0.832. The highest BCUT2D eigenvalue weighted by molar-refractivity contribution is 5.27. The Bertz CT molecular complexity index is 2250. The molecule has 0 bridgehead atoms. The number of aliphatic hydroxyl groups is 15. The fourth-order valence-electron chi connectivity index (χ4n) is 17.0. The normalized spacial score (nSPS) is 56.8. The highest BCUT2D eigenvalue weighted by Gasteiger charge is 2.69. The van der Waals surface area contributed by atoms with Crippen LogP contribution in [-0.2, 0) is 52.1 Å². The fraction of sp³-hybridized carbons (Fsp3) is 0.965. The van der Waals surface area contributed by atoms with Gasteiger partial charge >= 0.3 is 0 Å². The number of hydrogen-bond acceptors (Lipinski definition) is 27. The third-order valence-corrected chi connectivity index (χ3v) is 22.1. The van der Waals surface area contributed by atoms with Crippen molar-refractivity contribution < 1.29 is 129 Å². The van der Waals surface area contributed by atoms with E-state index in [1.165, 1.54) is 12.5 Å². The molecule has 482 valence electrons. The van der Waals surface area contributed by atoms with Crippen molar-refractivity contribution >= 4 is 0 Å². The summed E-state index contributed by atoms with van der Waals surface area (Å²) < 4.78 is 67.9. The van der Waals surface area contributed by atoms with E-state index >= 15 is 0 Å². The smallest absolute Gasteiger partial charge is 0.187 e. The van der Waals surface area contributed by atoms with Crippen molar-refractivity contribution in [1.82, 2.24) is 5.32 Å². The first-order valence-electron chi connectivity index (χ1n) is 30.5. The lowest BCUT2D eigenvalue weighted by atomic mass is 9.47. The quantitative estimate of drug-likeness (QED) is 0.0728. The first-order chi connectivity index (χ1) is 39.9. The van der Waals surface area contributed by atoms with Crippen molar-refractivity contribution in [3.63, 3.8) is 0 Å². The van der Waals surface area contributed by atoms with Crippen molar-refractivity contribution in [2.45, 2.75) is 264 Å². The highest BCUT2D eigenvalue weighted by atomic mass is 16.8. The number of aliphatic hydroxyl groups excluding tert-OH is 15. The summed E-state index contributed by atoms with van der Waals surface area (Å²) in [6.07, 6.45) is -34.2. The summed E-state index contributed by atoms with van der Waals surface area (Å²) in [7, 11) is 0. The molecule has 16 N–H and O–H groups in total. The molecule has 84 heavy (non-hydrogen) atoms. The van der Waals surface area contributed by atoms with Gasteiger partial charge in [0, 0.05) is 12.5 Å². The minimum Gasteiger partial charge on any atom is -0.394 e. The van der Waals surface area contributed by atoms with Gasteiger partial charge in [-0.2, -0.15) is 0 Å². The number of ether oxygens (including phenoxy) is 11. The summed E-state index contributed by atoms with van der Waals surface area (Å²) in [5.41, 5.74) is 0.985. The van der Waals surface area contributed by atoms with Crippen LogP contribution in [-0.4, -0.2) is 281 Å². The minimum absolute atomic E-state index is 0.145. The van der Waals surface area contributed by atoms with Crippen LogP contribution in [0, 0.1) is 46.3 Å². The number of nitrogens with one attached hydrogen (secondary N) is 1. The molecule has 7 saturated heterocycles. The standard InChI is InChI=1S/C57H93NO26/c1-21-8-13-57(58-16-21)22(2)34-29(84-57)15-28-26-7-6-24-14-25(9-11-55(24,4)27(26)10-12-56(28,34)5)76-54-49(83-51-45(72)40(67)35(62)23(3)75-51)47(39(66)32(19-61)79-54)81-53-48(43(70)37(64)31(18-60)78-53)82-52-46(73)42(69)38(65)33(80-52)20-74-50-44(71)41(68)36(63)30(17-59)77-50/h6,21-23,25-54,58-73H,7-20H2,1-5H3/t21-,22+,23+,25+,26-,27+,28+,29+,30-,31-,32-,33-,34+,35+,36-,37-,38-,39+,40-,41+,42+,43+,44-,45-,46-,47+,48-,49-,50-,51+,52+,53+,54-,55+,56+,57-/m1/s1. The maximum absolute atomic E-state index is 12.1. The zero-order chi connectivity index (χ0) is 60.2.